The second-order valence-corrected chi connectivity index (χ2v) is 10.2. The average Bonchev–Trinajstić information content (AvgIpc) is 3.18. The fraction of sp³-hybridized carbons (Fsp3) is 0.259. The predicted molar refractivity (Wildman–Crippen MR) is 137 cm³/mol. The summed E-state index contributed by atoms with van der Waals surface area (Å²) in [5.41, 5.74) is 2.47. The van der Waals surface area contributed by atoms with E-state index in [1.807, 2.05) is 12.1 Å². The third-order valence-corrected chi connectivity index (χ3v) is 6.60. The lowest BCUT2D eigenvalue weighted by atomic mass is 9.87. The number of anilines is 2. The summed E-state index contributed by atoms with van der Waals surface area (Å²) >= 11 is 12.3. The van der Waals surface area contributed by atoms with E-state index in [4.69, 9.17) is 27.9 Å². The van der Waals surface area contributed by atoms with Gasteiger partial charge in [0.2, 0.25) is 11.8 Å². The van der Waals surface area contributed by atoms with E-state index in [1.54, 1.807) is 42.5 Å². The van der Waals surface area contributed by atoms with Crippen molar-refractivity contribution in [3.05, 3.63) is 82.3 Å². The lowest BCUT2D eigenvalue weighted by Crippen LogP contribution is -2.28. The Bertz CT molecular complexity index is 1200. The Morgan fingerprint density at radius 1 is 0.971 bits per heavy atom. The Balaban J connectivity index is 1.36. The largest absolute Gasteiger partial charge is 0.457 e. The Kier molecular flexibility index (Phi) is 6.87. The van der Waals surface area contributed by atoms with Crippen molar-refractivity contribution in [2.24, 2.45) is 5.92 Å². The number of halogens is 2. The van der Waals surface area contributed by atoms with Crippen molar-refractivity contribution in [3.63, 3.8) is 0 Å². The van der Waals surface area contributed by atoms with E-state index in [2.05, 4.69) is 38.2 Å². The molecule has 1 atom stereocenters. The molecule has 1 aliphatic heterocycles. The van der Waals surface area contributed by atoms with Gasteiger partial charge in [0.05, 0.1) is 21.7 Å². The topological polar surface area (TPSA) is 58.6 Å². The van der Waals surface area contributed by atoms with E-state index >= 15 is 0 Å². The minimum Gasteiger partial charge on any atom is -0.457 e. The van der Waals surface area contributed by atoms with Crippen LogP contribution in [0.4, 0.5) is 11.4 Å². The van der Waals surface area contributed by atoms with Gasteiger partial charge < -0.3 is 15.0 Å². The molecule has 0 bridgehead atoms. The summed E-state index contributed by atoms with van der Waals surface area (Å²) in [5, 5.41) is 3.56. The van der Waals surface area contributed by atoms with Gasteiger partial charge in [-0.1, -0.05) is 62.2 Å². The molecule has 3 aromatic rings. The molecule has 0 aliphatic carbocycles. The van der Waals surface area contributed by atoms with Crippen LogP contribution in [0.3, 0.4) is 0 Å². The molecule has 0 saturated carbocycles. The SMILES string of the molecule is CC(C)(C)c1ccc(Oc2ccc(NC(=O)[C@@H]3CC(=O)N(c4cccc(Cl)c4Cl)C3)cc2)cc1. The van der Waals surface area contributed by atoms with Crippen LogP contribution in [0.15, 0.2) is 66.7 Å². The molecule has 5 nitrogen and oxygen atoms in total. The van der Waals surface area contributed by atoms with Crippen molar-refractivity contribution in [2.75, 3.05) is 16.8 Å². The molecular formula is C27H26Cl2N2O3. The summed E-state index contributed by atoms with van der Waals surface area (Å²) < 4.78 is 5.92. The van der Waals surface area contributed by atoms with Crippen LogP contribution in [0.25, 0.3) is 0 Å². The van der Waals surface area contributed by atoms with Crippen molar-refractivity contribution in [2.45, 2.75) is 32.6 Å². The maximum Gasteiger partial charge on any atom is 0.229 e. The second kappa shape index (κ2) is 9.69. The van der Waals surface area contributed by atoms with Crippen LogP contribution in [0.1, 0.15) is 32.8 Å². The highest BCUT2D eigenvalue weighted by Gasteiger charge is 2.36. The minimum absolute atomic E-state index is 0.0831. The van der Waals surface area contributed by atoms with E-state index < -0.39 is 5.92 Å². The molecule has 1 saturated heterocycles. The third-order valence-electron chi connectivity index (χ3n) is 5.80. The first-order chi connectivity index (χ1) is 16.1. The number of rotatable bonds is 5. The first kappa shape index (κ1) is 24.1. The van der Waals surface area contributed by atoms with Gasteiger partial charge in [-0.3, -0.25) is 9.59 Å². The zero-order valence-electron chi connectivity index (χ0n) is 19.3. The standard InChI is InChI=1S/C27H26Cl2N2O3/c1-27(2,3)18-7-11-20(12-8-18)34-21-13-9-19(10-14-21)30-26(33)17-15-24(32)31(16-17)23-6-4-5-22(28)25(23)29/h4-14,17H,15-16H2,1-3H3,(H,30,33)/t17-/m1/s1. The summed E-state index contributed by atoms with van der Waals surface area (Å²) in [5.74, 6) is 0.541. The van der Waals surface area contributed by atoms with Crippen molar-refractivity contribution < 1.29 is 14.3 Å². The fourth-order valence-electron chi connectivity index (χ4n) is 3.83. The highest BCUT2D eigenvalue weighted by molar-refractivity contribution is 6.44. The molecule has 2 amide bonds. The van der Waals surface area contributed by atoms with Crippen LogP contribution in [-0.2, 0) is 15.0 Å². The van der Waals surface area contributed by atoms with Crippen LogP contribution >= 0.6 is 23.2 Å². The molecule has 0 unspecified atom stereocenters. The number of nitrogens with zero attached hydrogens (tertiary/aromatic N) is 1. The summed E-state index contributed by atoms with van der Waals surface area (Å²) in [6.07, 6.45) is 0.112. The van der Waals surface area contributed by atoms with Gasteiger partial charge in [0, 0.05) is 18.7 Å². The molecule has 7 heteroatoms. The number of hydrogen-bond acceptors (Lipinski definition) is 3. The van der Waals surface area contributed by atoms with Gasteiger partial charge in [0.15, 0.2) is 0 Å². The van der Waals surface area contributed by atoms with Gasteiger partial charge in [-0.25, -0.2) is 0 Å². The zero-order chi connectivity index (χ0) is 24.5. The number of ether oxygens (including phenoxy) is 1. The molecular weight excluding hydrogens is 471 g/mol. The summed E-state index contributed by atoms with van der Waals surface area (Å²) in [4.78, 5) is 26.8. The maximum atomic E-state index is 12.8. The fourth-order valence-corrected chi connectivity index (χ4v) is 4.22. The van der Waals surface area contributed by atoms with Crippen LogP contribution in [0.5, 0.6) is 11.5 Å². The molecule has 3 aromatic carbocycles. The minimum atomic E-state index is -0.486. The van der Waals surface area contributed by atoms with Crippen molar-refractivity contribution >= 4 is 46.4 Å². The van der Waals surface area contributed by atoms with Gasteiger partial charge in [-0.15, -0.1) is 0 Å². The van der Waals surface area contributed by atoms with E-state index in [0.717, 1.165) is 5.75 Å². The molecule has 1 aliphatic rings. The summed E-state index contributed by atoms with van der Waals surface area (Å²) in [7, 11) is 0. The van der Waals surface area contributed by atoms with Crippen LogP contribution in [-0.4, -0.2) is 18.4 Å². The number of carbonyl (C=O) groups is 2. The van der Waals surface area contributed by atoms with Gasteiger partial charge in [0.1, 0.15) is 11.5 Å². The molecule has 0 radical (unpaired) electrons. The van der Waals surface area contributed by atoms with Crippen molar-refractivity contribution in [1.82, 2.24) is 0 Å². The number of carbonyl (C=O) groups excluding carboxylic acids is 2. The van der Waals surface area contributed by atoms with Crippen LogP contribution in [0.2, 0.25) is 10.0 Å². The zero-order valence-corrected chi connectivity index (χ0v) is 20.8. The van der Waals surface area contributed by atoms with E-state index in [9.17, 15) is 9.59 Å². The van der Waals surface area contributed by atoms with Gasteiger partial charge in [0.25, 0.3) is 0 Å². The quantitative estimate of drug-likeness (QED) is 0.410. The Morgan fingerprint density at radius 2 is 1.59 bits per heavy atom. The molecule has 176 valence electrons. The number of hydrogen-bond donors (Lipinski definition) is 1. The highest BCUT2D eigenvalue weighted by atomic mass is 35.5. The average molecular weight is 497 g/mol. The number of benzene rings is 3. The van der Waals surface area contributed by atoms with E-state index in [-0.39, 0.29) is 30.2 Å². The van der Waals surface area contributed by atoms with Crippen molar-refractivity contribution in [1.29, 1.82) is 0 Å². The lowest BCUT2D eigenvalue weighted by molar-refractivity contribution is -0.122. The molecule has 1 heterocycles. The second-order valence-electron chi connectivity index (χ2n) is 9.37. The molecule has 0 spiro atoms. The summed E-state index contributed by atoms with van der Waals surface area (Å²) in [6.45, 7) is 6.75. The van der Waals surface area contributed by atoms with Crippen molar-refractivity contribution in [3.8, 4) is 11.5 Å². The number of nitrogens with one attached hydrogen (secondary N) is 1. The van der Waals surface area contributed by atoms with E-state index in [1.165, 1.54) is 10.5 Å². The first-order valence-corrected chi connectivity index (χ1v) is 11.8. The monoisotopic (exact) mass is 496 g/mol. The van der Waals surface area contributed by atoms with Gasteiger partial charge in [-0.05, 0) is 59.5 Å². The smallest absolute Gasteiger partial charge is 0.229 e. The van der Waals surface area contributed by atoms with Crippen LogP contribution in [0, 0.1) is 5.92 Å². The summed E-state index contributed by atoms with van der Waals surface area (Å²) in [6, 6.07) is 20.3. The molecule has 1 N–H and O–H groups in total. The first-order valence-electron chi connectivity index (χ1n) is 11.1. The molecule has 0 aromatic heterocycles. The third kappa shape index (κ3) is 5.37. The van der Waals surface area contributed by atoms with E-state index in [0.29, 0.717) is 27.2 Å². The Labute approximate surface area is 209 Å². The lowest BCUT2D eigenvalue weighted by Gasteiger charge is -2.19. The molecule has 1 fully saturated rings. The number of amides is 2. The van der Waals surface area contributed by atoms with Gasteiger partial charge in [-0.2, -0.15) is 0 Å². The van der Waals surface area contributed by atoms with Crippen LogP contribution < -0.4 is 15.0 Å². The molecule has 34 heavy (non-hydrogen) atoms. The van der Waals surface area contributed by atoms with Gasteiger partial charge >= 0.3 is 0 Å². The predicted octanol–water partition coefficient (Wildman–Crippen LogP) is 7.07. The Morgan fingerprint density at radius 3 is 2.21 bits per heavy atom. The normalized spacial score (nSPS) is 16.0. The highest BCUT2D eigenvalue weighted by Crippen LogP contribution is 2.36. The maximum absolute atomic E-state index is 12.8. The Hall–Kier alpha value is -3.02. The molecule has 4 rings (SSSR count).